The maximum absolute atomic E-state index is 12.2. The fourth-order valence-corrected chi connectivity index (χ4v) is 2.95. The molecule has 1 N–H and O–H groups in total. The van der Waals surface area contributed by atoms with E-state index in [0.717, 1.165) is 38.0 Å². The monoisotopic (exact) mass is 332 g/mol. The molecule has 0 radical (unpaired) electrons. The Hall–Kier alpha value is -1.71. The van der Waals surface area contributed by atoms with Gasteiger partial charge < -0.3 is 15.0 Å². The first kappa shape index (κ1) is 18.6. The van der Waals surface area contributed by atoms with Crippen molar-refractivity contribution in [2.45, 2.75) is 71.4 Å². The molecule has 0 spiro atoms. The van der Waals surface area contributed by atoms with Gasteiger partial charge in [0, 0.05) is 24.8 Å². The van der Waals surface area contributed by atoms with Gasteiger partial charge in [-0.05, 0) is 63.6 Å². The minimum Gasteiger partial charge on any atom is -0.444 e. The average Bonchev–Trinajstić information content (AvgIpc) is 2.72. The summed E-state index contributed by atoms with van der Waals surface area (Å²) in [5, 5.41) is 3.62. The predicted molar refractivity (Wildman–Crippen MR) is 99.6 cm³/mol. The number of amides is 1. The molecule has 24 heavy (non-hydrogen) atoms. The van der Waals surface area contributed by atoms with Gasteiger partial charge >= 0.3 is 6.09 Å². The highest BCUT2D eigenvalue weighted by atomic mass is 16.6. The lowest BCUT2D eigenvalue weighted by molar-refractivity contribution is 0.0256. The number of carbonyl (C=O) groups is 1. The van der Waals surface area contributed by atoms with Gasteiger partial charge in [0.1, 0.15) is 5.60 Å². The SMILES string of the molecule is CC(C)c1ccc(NC2CCCN(C(=O)OC(C)(C)C)CC2)cc1. The zero-order chi connectivity index (χ0) is 17.7. The van der Waals surface area contributed by atoms with Crippen molar-refractivity contribution >= 4 is 11.8 Å². The summed E-state index contributed by atoms with van der Waals surface area (Å²) in [6.45, 7) is 11.7. The Labute approximate surface area is 146 Å². The van der Waals surface area contributed by atoms with Crippen LogP contribution in [0.2, 0.25) is 0 Å². The molecular formula is C20H32N2O2. The molecule has 0 aromatic heterocycles. The Morgan fingerprint density at radius 3 is 2.42 bits per heavy atom. The van der Waals surface area contributed by atoms with Crippen molar-refractivity contribution in [1.82, 2.24) is 4.90 Å². The van der Waals surface area contributed by atoms with E-state index in [1.807, 2.05) is 25.7 Å². The molecule has 1 aromatic rings. The Morgan fingerprint density at radius 1 is 1.17 bits per heavy atom. The standard InChI is InChI=1S/C20H32N2O2/c1-15(2)16-8-10-18(11-9-16)21-17-7-6-13-22(14-12-17)19(23)24-20(3,4)5/h8-11,15,17,21H,6-7,12-14H2,1-5H3. The summed E-state index contributed by atoms with van der Waals surface area (Å²) in [5.74, 6) is 0.555. The molecule has 1 heterocycles. The number of nitrogens with zero attached hydrogens (tertiary/aromatic N) is 1. The quantitative estimate of drug-likeness (QED) is 0.846. The molecule has 1 unspecified atom stereocenters. The van der Waals surface area contributed by atoms with Gasteiger partial charge in [-0.25, -0.2) is 4.79 Å². The lowest BCUT2D eigenvalue weighted by Gasteiger charge is -2.26. The molecule has 1 saturated heterocycles. The van der Waals surface area contributed by atoms with Crippen molar-refractivity contribution in [3.05, 3.63) is 29.8 Å². The van der Waals surface area contributed by atoms with Crippen LogP contribution in [0.1, 0.15) is 65.4 Å². The first-order chi connectivity index (χ1) is 11.2. The second-order valence-electron chi connectivity index (χ2n) is 8.02. The second kappa shape index (κ2) is 7.91. The van der Waals surface area contributed by atoms with Crippen LogP contribution in [0.4, 0.5) is 10.5 Å². The molecule has 2 rings (SSSR count). The normalized spacial score (nSPS) is 19.1. The molecule has 0 aliphatic carbocycles. The van der Waals surface area contributed by atoms with Gasteiger partial charge in [-0.3, -0.25) is 0 Å². The number of rotatable bonds is 3. The summed E-state index contributed by atoms with van der Waals surface area (Å²) in [5.41, 5.74) is 2.09. The molecule has 1 fully saturated rings. The van der Waals surface area contributed by atoms with Crippen molar-refractivity contribution in [2.75, 3.05) is 18.4 Å². The fraction of sp³-hybridized carbons (Fsp3) is 0.650. The average molecular weight is 332 g/mol. The van der Waals surface area contributed by atoms with Gasteiger partial charge in [-0.1, -0.05) is 26.0 Å². The van der Waals surface area contributed by atoms with Crippen LogP contribution in [0.3, 0.4) is 0 Å². The van der Waals surface area contributed by atoms with Crippen LogP contribution in [0.5, 0.6) is 0 Å². The second-order valence-corrected chi connectivity index (χ2v) is 8.02. The third-order valence-electron chi connectivity index (χ3n) is 4.33. The van der Waals surface area contributed by atoms with Crippen LogP contribution in [0.15, 0.2) is 24.3 Å². The lowest BCUT2D eigenvalue weighted by Crippen LogP contribution is -2.37. The maximum atomic E-state index is 12.2. The van der Waals surface area contributed by atoms with Gasteiger partial charge in [-0.15, -0.1) is 0 Å². The highest BCUT2D eigenvalue weighted by Gasteiger charge is 2.25. The third kappa shape index (κ3) is 5.73. The number of likely N-dealkylation sites (tertiary alicyclic amines) is 1. The van der Waals surface area contributed by atoms with Gasteiger partial charge in [0.15, 0.2) is 0 Å². The van der Waals surface area contributed by atoms with E-state index in [4.69, 9.17) is 4.74 Å². The number of ether oxygens (including phenoxy) is 1. The van der Waals surface area contributed by atoms with E-state index >= 15 is 0 Å². The van der Waals surface area contributed by atoms with E-state index in [-0.39, 0.29) is 6.09 Å². The minimum atomic E-state index is -0.431. The fourth-order valence-electron chi connectivity index (χ4n) is 2.95. The number of hydrogen-bond acceptors (Lipinski definition) is 3. The van der Waals surface area contributed by atoms with Crippen molar-refractivity contribution < 1.29 is 9.53 Å². The number of nitrogens with one attached hydrogen (secondary N) is 1. The van der Waals surface area contributed by atoms with Gasteiger partial charge in [0.2, 0.25) is 0 Å². The van der Waals surface area contributed by atoms with Crippen LogP contribution in [0.25, 0.3) is 0 Å². The van der Waals surface area contributed by atoms with Crippen LogP contribution in [-0.4, -0.2) is 35.7 Å². The molecule has 1 aliphatic heterocycles. The Kier molecular flexibility index (Phi) is 6.14. The van der Waals surface area contributed by atoms with E-state index < -0.39 is 5.60 Å². The summed E-state index contributed by atoms with van der Waals surface area (Å²) in [4.78, 5) is 14.1. The molecule has 0 saturated carbocycles. The molecule has 1 aliphatic rings. The first-order valence-electron chi connectivity index (χ1n) is 9.09. The molecule has 1 aromatic carbocycles. The lowest BCUT2D eigenvalue weighted by atomic mass is 10.0. The van der Waals surface area contributed by atoms with Crippen molar-refractivity contribution in [3.63, 3.8) is 0 Å². The minimum absolute atomic E-state index is 0.190. The van der Waals surface area contributed by atoms with Gasteiger partial charge in [-0.2, -0.15) is 0 Å². The van der Waals surface area contributed by atoms with Crippen molar-refractivity contribution in [2.24, 2.45) is 0 Å². The molecule has 4 nitrogen and oxygen atoms in total. The Balaban J connectivity index is 1.87. The third-order valence-corrected chi connectivity index (χ3v) is 4.33. The zero-order valence-corrected chi connectivity index (χ0v) is 15.8. The van der Waals surface area contributed by atoms with Gasteiger partial charge in [0.05, 0.1) is 0 Å². The van der Waals surface area contributed by atoms with Crippen LogP contribution in [-0.2, 0) is 4.74 Å². The highest BCUT2D eigenvalue weighted by Crippen LogP contribution is 2.21. The zero-order valence-electron chi connectivity index (χ0n) is 15.8. The summed E-state index contributed by atoms with van der Waals surface area (Å²) in [7, 11) is 0. The predicted octanol–water partition coefficient (Wildman–Crippen LogP) is 5.01. The van der Waals surface area contributed by atoms with Crippen molar-refractivity contribution in [1.29, 1.82) is 0 Å². The number of carbonyl (C=O) groups excluding carboxylic acids is 1. The number of hydrogen-bond donors (Lipinski definition) is 1. The topological polar surface area (TPSA) is 41.6 Å². The molecule has 1 atom stereocenters. The van der Waals surface area contributed by atoms with Gasteiger partial charge in [0.25, 0.3) is 0 Å². The van der Waals surface area contributed by atoms with E-state index in [9.17, 15) is 4.79 Å². The molecule has 0 bridgehead atoms. The van der Waals surface area contributed by atoms with E-state index in [0.29, 0.717) is 12.0 Å². The first-order valence-corrected chi connectivity index (χ1v) is 9.09. The van der Waals surface area contributed by atoms with E-state index in [1.54, 1.807) is 0 Å². The largest absolute Gasteiger partial charge is 0.444 e. The summed E-state index contributed by atoms with van der Waals surface area (Å²) < 4.78 is 5.49. The Morgan fingerprint density at radius 2 is 1.83 bits per heavy atom. The van der Waals surface area contributed by atoms with Crippen LogP contribution < -0.4 is 5.32 Å². The summed E-state index contributed by atoms with van der Waals surface area (Å²) in [6.07, 6.45) is 2.83. The summed E-state index contributed by atoms with van der Waals surface area (Å²) in [6, 6.07) is 9.10. The molecule has 1 amide bonds. The molecular weight excluding hydrogens is 300 g/mol. The van der Waals surface area contributed by atoms with E-state index in [2.05, 4.69) is 43.4 Å². The number of benzene rings is 1. The maximum Gasteiger partial charge on any atom is 0.410 e. The van der Waals surface area contributed by atoms with Crippen LogP contribution in [0, 0.1) is 0 Å². The molecule has 4 heteroatoms. The molecule has 134 valence electrons. The van der Waals surface area contributed by atoms with Crippen LogP contribution >= 0.6 is 0 Å². The summed E-state index contributed by atoms with van der Waals surface area (Å²) >= 11 is 0. The highest BCUT2D eigenvalue weighted by molar-refractivity contribution is 5.68. The Bertz CT molecular complexity index is 532. The van der Waals surface area contributed by atoms with E-state index in [1.165, 1.54) is 5.56 Å². The smallest absolute Gasteiger partial charge is 0.410 e. The number of anilines is 1. The van der Waals surface area contributed by atoms with Crippen molar-refractivity contribution in [3.8, 4) is 0 Å².